The summed E-state index contributed by atoms with van der Waals surface area (Å²) in [5.74, 6) is -0.267. The van der Waals surface area contributed by atoms with Crippen LogP contribution in [0.2, 0.25) is 0 Å². The van der Waals surface area contributed by atoms with Crippen molar-refractivity contribution in [3.05, 3.63) is 24.3 Å². The molecule has 1 heterocycles. The number of rotatable bonds is 46. The zero-order valence-corrected chi connectivity index (χ0v) is 41.7. The second-order valence-electron chi connectivity index (χ2n) is 18.9. The van der Waals surface area contributed by atoms with Gasteiger partial charge in [0.2, 0.25) is 5.91 Å². The predicted octanol–water partition coefficient (Wildman–Crippen LogP) is 11.4. The molecule has 382 valence electrons. The molecule has 0 aromatic rings. The molecule has 1 saturated heterocycles. The van der Waals surface area contributed by atoms with E-state index in [1.165, 1.54) is 128 Å². The molecule has 0 aliphatic carbocycles. The highest BCUT2D eigenvalue weighted by Gasteiger charge is 2.44. The smallest absolute Gasteiger partial charge is 0.305 e. The number of ether oxygens (including phenoxy) is 3. The van der Waals surface area contributed by atoms with Crippen molar-refractivity contribution in [1.29, 1.82) is 0 Å². The Balaban J connectivity index is 2.25. The Bertz CT molecular complexity index is 1130. The summed E-state index contributed by atoms with van der Waals surface area (Å²) in [5, 5.41) is 54.3. The first-order valence-electron chi connectivity index (χ1n) is 27.1. The number of aliphatic hydroxyl groups excluding tert-OH is 5. The van der Waals surface area contributed by atoms with E-state index in [0.717, 1.165) is 89.9 Å². The van der Waals surface area contributed by atoms with E-state index in [1.807, 2.05) is 6.08 Å². The van der Waals surface area contributed by atoms with Crippen molar-refractivity contribution in [2.45, 2.75) is 288 Å². The molecule has 1 aliphatic heterocycles. The molecule has 6 N–H and O–H groups in total. The fourth-order valence-electron chi connectivity index (χ4n) is 8.43. The van der Waals surface area contributed by atoms with Crippen LogP contribution >= 0.6 is 0 Å². The van der Waals surface area contributed by atoms with Crippen molar-refractivity contribution in [2.24, 2.45) is 0 Å². The van der Waals surface area contributed by atoms with E-state index in [-0.39, 0.29) is 18.5 Å². The van der Waals surface area contributed by atoms with E-state index in [2.05, 4.69) is 31.3 Å². The summed E-state index contributed by atoms with van der Waals surface area (Å²) < 4.78 is 16.6. The van der Waals surface area contributed by atoms with Gasteiger partial charge in [-0.1, -0.05) is 199 Å². The number of aliphatic hydroxyl groups is 5. The van der Waals surface area contributed by atoms with Gasteiger partial charge in [-0.25, -0.2) is 0 Å². The van der Waals surface area contributed by atoms with Gasteiger partial charge in [-0.3, -0.25) is 9.59 Å². The summed E-state index contributed by atoms with van der Waals surface area (Å²) >= 11 is 0. The quantitative estimate of drug-likeness (QED) is 0.0196. The fourth-order valence-corrected chi connectivity index (χ4v) is 8.43. The molecule has 0 bridgehead atoms. The van der Waals surface area contributed by atoms with E-state index in [1.54, 1.807) is 6.08 Å². The minimum atomic E-state index is -1.58. The normalized spacial score (nSPS) is 19.9. The van der Waals surface area contributed by atoms with Gasteiger partial charge in [-0.05, 0) is 57.8 Å². The number of carbonyl (C=O) groups excluding carboxylic acids is 2. The van der Waals surface area contributed by atoms with Crippen molar-refractivity contribution in [3.63, 3.8) is 0 Å². The summed E-state index contributed by atoms with van der Waals surface area (Å²) in [4.78, 5) is 25.0. The molecule has 0 spiro atoms. The monoisotopic (exact) mass is 924 g/mol. The molecule has 7 unspecified atom stereocenters. The lowest BCUT2D eigenvalue weighted by Gasteiger charge is -2.40. The van der Waals surface area contributed by atoms with Crippen molar-refractivity contribution >= 4 is 11.9 Å². The molecule has 11 heteroatoms. The van der Waals surface area contributed by atoms with Gasteiger partial charge >= 0.3 is 5.97 Å². The topological polar surface area (TPSA) is 175 Å². The molecular formula is C54H101NO10. The van der Waals surface area contributed by atoms with Gasteiger partial charge < -0.3 is 45.1 Å². The molecule has 65 heavy (non-hydrogen) atoms. The maximum atomic E-state index is 13.0. The summed E-state index contributed by atoms with van der Waals surface area (Å²) in [5.41, 5.74) is 0. The standard InChI is InChI=1S/C54H101NO10/c1-3-5-7-9-11-13-15-16-17-18-21-24-28-32-36-40-47(57)46(45-64-54-53(62)52(61)51(60)48(44-56)65-54)55-49(58)41-37-33-29-25-22-19-23-27-31-35-39-43-63-50(59)42-38-34-30-26-20-14-12-10-8-6-4-2/h23,27,36,40,46-48,51-54,56-57,60-62H,3-22,24-26,28-35,37-39,41-45H2,1-2H3,(H,55,58)/b27-23-,40-36+. The lowest BCUT2D eigenvalue weighted by atomic mass is 9.99. The molecule has 11 nitrogen and oxygen atoms in total. The number of hydrogen-bond acceptors (Lipinski definition) is 10. The minimum Gasteiger partial charge on any atom is -0.466 e. The molecule has 0 aromatic heterocycles. The third-order valence-electron chi connectivity index (χ3n) is 12.8. The molecule has 1 aliphatic rings. The van der Waals surface area contributed by atoms with E-state index >= 15 is 0 Å². The highest BCUT2D eigenvalue weighted by Crippen LogP contribution is 2.23. The van der Waals surface area contributed by atoms with Crippen LogP contribution in [0.3, 0.4) is 0 Å². The lowest BCUT2D eigenvalue weighted by molar-refractivity contribution is -0.302. The van der Waals surface area contributed by atoms with Gasteiger partial charge in [0.25, 0.3) is 0 Å². The number of hydrogen-bond donors (Lipinski definition) is 6. The van der Waals surface area contributed by atoms with Crippen molar-refractivity contribution in [1.82, 2.24) is 5.32 Å². The summed E-state index contributed by atoms with van der Waals surface area (Å²) in [6, 6.07) is -0.830. The number of esters is 1. The Morgan fingerprint density at radius 3 is 1.48 bits per heavy atom. The second-order valence-corrected chi connectivity index (χ2v) is 18.9. The first kappa shape index (κ1) is 61.2. The maximum Gasteiger partial charge on any atom is 0.305 e. The van der Waals surface area contributed by atoms with Gasteiger partial charge in [0.15, 0.2) is 6.29 Å². The van der Waals surface area contributed by atoms with Gasteiger partial charge in [0.05, 0.1) is 32.0 Å². The van der Waals surface area contributed by atoms with Crippen molar-refractivity contribution in [2.75, 3.05) is 19.8 Å². The van der Waals surface area contributed by atoms with Crippen LogP contribution in [-0.2, 0) is 23.8 Å². The zero-order valence-electron chi connectivity index (χ0n) is 41.7. The Hall–Kier alpha value is -1.86. The molecule has 0 radical (unpaired) electrons. The Morgan fingerprint density at radius 2 is 0.985 bits per heavy atom. The van der Waals surface area contributed by atoms with Crippen LogP contribution in [0, 0.1) is 0 Å². The summed E-state index contributed by atoms with van der Waals surface area (Å²) in [6.07, 6.45) is 41.0. The van der Waals surface area contributed by atoms with Crippen LogP contribution in [0.4, 0.5) is 0 Å². The molecule has 0 saturated carbocycles. The van der Waals surface area contributed by atoms with Crippen LogP contribution in [-0.4, -0.2) is 100 Å². The Labute approximate surface area is 397 Å². The summed E-state index contributed by atoms with van der Waals surface area (Å²) in [7, 11) is 0. The Morgan fingerprint density at radius 1 is 0.554 bits per heavy atom. The highest BCUT2D eigenvalue weighted by atomic mass is 16.7. The summed E-state index contributed by atoms with van der Waals surface area (Å²) in [6.45, 7) is 4.24. The third kappa shape index (κ3) is 35.0. The molecule has 1 amide bonds. The van der Waals surface area contributed by atoms with Crippen molar-refractivity contribution < 1.29 is 49.3 Å². The first-order valence-corrected chi connectivity index (χ1v) is 27.1. The Kier molecular flexibility index (Phi) is 42.0. The number of amides is 1. The second kappa shape index (κ2) is 44.6. The zero-order chi connectivity index (χ0) is 47.4. The van der Waals surface area contributed by atoms with E-state index in [0.29, 0.717) is 19.4 Å². The molecule has 0 aromatic carbocycles. The van der Waals surface area contributed by atoms with Crippen molar-refractivity contribution in [3.8, 4) is 0 Å². The van der Waals surface area contributed by atoms with Crippen LogP contribution in [0.25, 0.3) is 0 Å². The van der Waals surface area contributed by atoms with E-state index in [9.17, 15) is 35.1 Å². The molecular weight excluding hydrogens is 823 g/mol. The third-order valence-corrected chi connectivity index (χ3v) is 12.8. The number of allylic oxidation sites excluding steroid dienone is 3. The largest absolute Gasteiger partial charge is 0.466 e. The predicted molar refractivity (Wildman–Crippen MR) is 264 cm³/mol. The van der Waals surface area contributed by atoms with Gasteiger partial charge in [0.1, 0.15) is 24.4 Å². The lowest BCUT2D eigenvalue weighted by Crippen LogP contribution is -2.60. The molecule has 1 rings (SSSR count). The highest BCUT2D eigenvalue weighted by molar-refractivity contribution is 5.76. The van der Waals surface area contributed by atoms with E-state index in [4.69, 9.17) is 14.2 Å². The van der Waals surface area contributed by atoms with Gasteiger partial charge in [-0.15, -0.1) is 0 Å². The number of nitrogens with one attached hydrogen (secondary N) is 1. The fraction of sp³-hybridized carbons (Fsp3) is 0.889. The minimum absolute atomic E-state index is 0.0574. The van der Waals surface area contributed by atoms with E-state index < -0.39 is 49.5 Å². The molecule has 7 atom stereocenters. The SMILES string of the molecule is CCCCCCCCCCCCCCC/C=C/C(O)C(COC1OC(CO)C(O)C(O)C1O)NC(=O)CCCCCCC/C=C\CCCCOC(=O)CCCCCCCCCCCCC. The maximum absolute atomic E-state index is 13.0. The average molecular weight is 924 g/mol. The average Bonchev–Trinajstić information content (AvgIpc) is 3.30. The van der Waals surface area contributed by atoms with Crippen LogP contribution in [0.15, 0.2) is 24.3 Å². The number of carbonyl (C=O) groups is 2. The number of unbranched alkanes of at least 4 members (excludes halogenated alkanes) is 30. The van der Waals surface area contributed by atoms with Gasteiger partial charge in [0, 0.05) is 12.8 Å². The molecule has 1 fully saturated rings. The first-order chi connectivity index (χ1) is 31.7. The van der Waals surface area contributed by atoms with Gasteiger partial charge in [-0.2, -0.15) is 0 Å². The van der Waals surface area contributed by atoms with Crippen LogP contribution < -0.4 is 5.32 Å². The van der Waals surface area contributed by atoms with Crippen LogP contribution in [0.1, 0.15) is 245 Å². The van der Waals surface area contributed by atoms with Crippen LogP contribution in [0.5, 0.6) is 0 Å².